The van der Waals surface area contributed by atoms with E-state index in [1.807, 2.05) is 0 Å². The summed E-state index contributed by atoms with van der Waals surface area (Å²) >= 11 is 3.26. The molecule has 0 heterocycles. The van der Waals surface area contributed by atoms with Gasteiger partial charge in [-0.25, -0.2) is 0 Å². The van der Waals surface area contributed by atoms with Crippen molar-refractivity contribution in [1.29, 1.82) is 0 Å². The maximum absolute atomic E-state index is 13.6. The Hall–Kier alpha value is -3.67. The Kier molecular flexibility index (Phi) is 6.99. The van der Waals surface area contributed by atoms with Crippen LogP contribution in [0.4, 0.5) is 17.1 Å². The number of hydrogen-bond donors (Lipinski definition) is 2. The van der Waals surface area contributed by atoms with Gasteiger partial charge in [0.05, 0.1) is 21.5 Å². The quantitative estimate of drug-likeness (QED) is 0.0793. The molecule has 2 N–H and O–H groups in total. The first-order chi connectivity index (χ1) is 18.1. The summed E-state index contributed by atoms with van der Waals surface area (Å²) in [7, 11) is 0. The third-order valence-corrected chi connectivity index (χ3v) is 8.64. The minimum Gasteiger partial charge on any atom is -0.293 e. The highest BCUT2D eigenvalue weighted by Crippen LogP contribution is 2.57. The van der Waals surface area contributed by atoms with E-state index in [2.05, 4.69) is 26.8 Å². The molecule has 2 aromatic rings. The molecule has 0 radical (unpaired) electrons. The number of non-ortho nitro benzene ring substituents is 1. The van der Waals surface area contributed by atoms with Gasteiger partial charge >= 0.3 is 5.69 Å². The normalized spacial score (nSPS) is 26.4. The van der Waals surface area contributed by atoms with E-state index in [1.165, 1.54) is 25.3 Å². The van der Waals surface area contributed by atoms with Gasteiger partial charge in [0.1, 0.15) is 10.5 Å². The van der Waals surface area contributed by atoms with Gasteiger partial charge in [-0.15, -0.1) is 0 Å². The van der Waals surface area contributed by atoms with E-state index < -0.39 is 43.2 Å². The summed E-state index contributed by atoms with van der Waals surface area (Å²) in [6, 6.07) is 11.6. The summed E-state index contributed by atoms with van der Waals surface area (Å²) < 4.78 is 0. The Morgan fingerprint density at radius 1 is 0.947 bits per heavy atom. The van der Waals surface area contributed by atoms with Crippen LogP contribution in [0.25, 0.3) is 0 Å². The molecule has 0 aliphatic heterocycles. The van der Waals surface area contributed by atoms with E-state index >= 15 is 0 Å². The van der Waals surface area contributed by atoms with Crippen molar-refractivity contribution in [2.75, 3.05) is 5.43 Å². The molecule has 6 rings (SSSR count). The van der Waals surface area contributed by atoms with Crippen molar-refractivity contribution < 1.29 is 19.4 Å². The molecule has 4 bridgehead atoms. The summed E-state index contributed by atoms with van der Waals surface area (Å²) in [5.74, 6) is 0.511. The Balaban J connectivity index is 1.46. The number of ketones is 2. The van der Waals surface area contributed by atoms with Gasteiger partial charge in [0.2, 0.25) is 5.78 Å². The number of alkyl halides is 1. The van der Waals surface area contributed by atoms with Crippen LogP contribution in [-0.2, 0) is 4.79 Å². The molecule has 4 fully saturated rings. The van der Waals surface area contributed by atoms with E-state index in [9.17, 15) is 29.8 Å². The number of amidine groups is 1. The lowest BCUT2D eigenvalue weighted by molar-refractivity contribution is -0.393. The molecular formula is C26H26BrN5O6. The van der Waals surface area contributed by atoms with Crippen molar-refractivity contribution in [3.05, 3.63) is 74.3 Å². The first kappa shape index (κ1) is 26.0. The molecule has 11 nitrogen and oxygen atoms in total. The molecule has 0 saturated heterocycles. The van der Waals surface area contributed by atoms with E-state index in [1.54, 1.807) is 30.3 Å². The summed E-state index contributed by atoms with van der Waals surface area (Å²) in [5, 5.41) is 22.7. The fraction of sp³-hybridized carbons (Fsp3) is 0.423. The second-order valence-corrected chi connectivity index (χ2v) is 11.4. The number of nitro groups is 2. The average molecular weight is 584 g/mol. The largest absolute Gasteiger partial charge is 0.300 e. The lowest BCUT2D eigenvalue weighted by Gasteiger charge is -2.55. The highest BCUT2D eigenvalue weighted by atomic mass is 79.9. The number of aliphatic imine (C=N–C) groups is 1. The number of benzene rings is 2. The minimum absolute atomic E-state index is 0.0767. The number of anilines is 1. The first-order valence-corrected chi connectivity index (χ1v) is 13.4. The van der Waals surface area contributed by atoms with Gasteiger partial charge in [-0.2, -0.15) is 0 Å². The van der Waals surface area contributed by atoms with Crippen LogP contribution in [0.1, 0.15) is 48.9 Å². The number of hydrazine groups is 1. The first-order valence-electron chi connectivity index (χ1n) is 12.5. The predicted octanol–water partition coefficient (Wildman–Crippen LogP) is 5.00. The van der Waals surface area contributed by atoms with Crippen LogP contribution in [-0.4, -0.2) is 37.6 Å². The van der Waals surface area contributed by atoms with Crippen molar-refractivity contribution in [1.82, 2.24) is 5.43 Å². The molecule has 198 valence electrons. The predicted molar refractivity (Wildman–Crippen MR) is 143 cm³/mol. The number of carbonyl (C=O) groups is 2. The van der Waals surface area contributed by atoms with E-state index in [0.29, 0.717) is 23.3 Å². The Bertz CT molecular complexity index is 1300. The second-order valence-electron chi connectivity index (χ2n) is 10.5. The molecule has 1 atom stereocenters. The lowest BCUT2D eigenvalue weighted by Crippen LogP contribution is -2.52. The third-order valence-electron chi connectivity index (χ3n) is 7.81. The van der Waals surface area contributed by atoms with Gasteiger partial charge in [-0.1, -0.05) is 46.3 Å². The minimum atomic E-state index is -1.22. The number of carbonyl (C=O) groups excluding carboxylic acids is 2. The van der Waals surface area contributed by atoms with Gasteiger partial charge in [-0.3, -0.25) is 45.7 Å². The topological polar surface area (TPSA) is 157 Å². The highest BCUT2D eigenvalue weighted by molar-refractivity contribution is 9.10. The van der Waals surface area contributed by atoms with Gasteiger partial charge in [-0.05, 0) is 62.3 Å². The van der Waals surface area contributed by atoms with Crippen molar-refractivity contribution in [3.63, 3.8) is 0 Å². The van der Waals surface area contributed by atoms with Crippen LogP contribution in [0, 0.1) is 38.0 Å². The number of nitrogens with one attached hydrogen (secondary N) is 2. The third kappa shape index (κ3) is 5.17. The molecule has 1 unspecified atom stereocenters. The van der Waals surface area contributed by atoms with Gasteiger partial charge in [0, 0.05) is 11.6 Å². The maximum atomic E-state index is 13.6. The van der Waals surface area contributed by atoms with Gasteiger partial charge < -0.3 is 0 Å². The Morgan fingerprint density at radius 2 is 1.55 bits per heavy atom. The summed E-state index contributed by atoms with van der Waals surface area (Å²) in [4.78, 5) is 51.6. The smallest absolute Gasteiger partial charge is 0.293 e. The van der Waals surface area contributed by atoms with Crippen molar-refractivity contribution in [2.45, 2.75) is 48.9 Å². The molecule has 4 aliphatic carbocycles. The number of hydrogen-bond acceptors (Lipinski definition) is 8. The number of Topliss-reactive ketones (excluding diaryl/α,β-unsaturated/α-hetero) is 2. The van der Waals surface area contributed by atoms with Gasteiger partial charge in [0.15, 0.2) is 11.6 Å². The van der Waals surface area contributed by atoms with Crippen LogP contribution in [0.15, 0.2) is 53.5 Å². The molecule has 12 heteroatoms. The molecule has 38 heavy (non-hydrogen) atoms. The Labute approximate surface area is 226 Å². The number of halogens is 1. The molecule has 4 aliphatic rings. The second kappa shape index (κ2) is 10.2. The van der Waals surface area contributed by atoms with Crippen LogP contribution < -0.4 is 10.9 Å². The zero-order valence-electron chi connectivity index (χ0n) is 20.3. The van der Waals surface area contributed by atoms with E-state index in [0.717, 1.165) is 31.4 Å². The summed E-state index contributed by atoms with van der Waals surface area (Å²) in [6.45, 7) is 0. The summed E-state index contributed by atoms with van der Waals surface area (Å²) in [6.07, 6.45) is 6.09. The summed E-state index contributed by atoms with van der Waals surface area (Å²) in [5.41, 5.74) is 4.27. The van der Waals surface area contributed by atoms with Crippen LogP contribution in [0.2, 0.25) is 0 Å². The zero-order valence-corrected chi connectivity index (χ0v) is 21.9. The molecule has 2 aromatic carbocycles. The van der Waals surface area contributed by atoms with Crippen LogP contribution in [0.3, 0.4) is 0 Å². The van der Waals surface area contributed by atoms with E-state index in [-0.39, 0.29) is 11.5 Å². The molecule has 0 aromatic heterocycles. The average Bonchev–Trinajstić information content (AvgIpc) is 2.89. The monoisotopic (exact) mass is 583 g/mol. The fourth-order valence-electron chi connectivity index (χ4n) is 6.59. The SMILES string of the molecule is O=C(C(=NC12CC3CC(CC(C3)C1)C2)NNc1ccc([N+](=O)[O-])cc1[N+](=O)[O-])C(Br)C(=O)c1ccccc1. The van der Waals surface area contributed by atoms with Crippen LogP contribution >= 0.6 is 15.9 Å². The Morgan fingerprint density at radius 3 is 2.11 bits per heavy atom. The molecule has 4 saturated carbocycles. The maximum Gasteiger partial charge on any atom is 0.300 e. The number of nitro benzene ring substituents is 2. The molecule has 0 spiro atoms. The lowest BCUT2D eigenvalue weighted by atomic mass is 9.53. The fourth-order valence-corrected chi connectivity index (χ4v) is 7.07. The van der Waals surface area contributed by atoms with E-state index in [4.69, 9.17) is 4.99 Å². The number of nitrogens with zero attached hydrogens (tertiary/aromatic N) is 3. The standard InChI is InChI=1S/C26H26BrN5O6/c27-22(23(33)18-4-2-1-3-5-18)24(34)25(28-26-12-15-8-16(13-26)10-17(9-15)14-26)30-29-20-7-6-19(31(35)36)11-21(20)32(37)38/h1-7,11,15-17,22,29H,8-10,12-14H2,(H,28,30). The van der Waals surface area contributed by atoms with Crippen molar-refractivity contribution >= 4 is 50.4 Å². The van der Waals surface area contributed by atoms with Crippen LogP contribution in [0.5, 0.6) is 0 Å². The van der Waals surface area contributed by atoms with Crippen molar-refractivity contribution in [2.24, 2.45) is 22.7 Å². The van der Waals surface area contributed by atoms with Crippen molar-refractivity contribution in [3.8, 4) is 0 Å². The van der Waals surface area contributed by atoms with Gasteiger partial charge in [0.25, 0.3) is 5.69 Å². The molecule has 0 amide bonds. The molecular weight excluding hydrogens is 558 g/mol. The number of rotatable bonds is 9. The zero-order chi connectivity index (χ0) is 27.0. The highest BCUT2D eigenvalue weighted by Gasteiger charge is 2.51.